The van der Waals surface area contributed by atoms with Gasteiger partial charge in [-0.25, -0.2) is 4.79 Å². The first kappa shape index (κ1) is 18.9. The number of carbonyl (C=O) groups is 1. The van der Waals surface area contributed by atoms with Gasteiger partial charge in [0, 0.05) is 28.6 Å². The SMILES string of the molecule is CC[C@@]1(/C=C(\OC)C(=O)OC)CCCN2CCc3c([nH]c4cccc(O)c34)[C@@H]21. The van der Waals surface area contributed by atoms with Gasteiger partial charge in [0.05, 0.1) is 20.3 Å². The lowest BCUT2D eigenvalue weighted by Crippen LogP contribution is -2.48. The number of ether oxygens (including phenoxy) is 2. The summed E-state index contributed by atoms with van der Waals surface area (Å²) >= 11 is 0. The number of methoxy groups -OCH3 is 2. The van der Waals surface area contributed by atoms with Gasteiger partial charge in [-0.1, -0.05) is 13.0 Å². The van der Waals surface area contributed by atoms with Crippen LogP contribution in [0.25, 0.3) is 10.9 Å². The molecule has 150 valence electrons. The van der Waals surface area contributed by atoms with Crippen LogP contribution >= 0.6 is 0 Å². The van der Waals surface area contributed by atoms with Crippen molar-refractivity contribution in [3.05, 3.63) is 41.3 Å². The highest BCUT2D eigenvalue weighted by Crippen LogP contribution is 2.53. The largest absolute Gasteiger partial charge is 0.507 e. The number of benzene rings is 1. The summed E-state index contributed by atoms with van der Waals surface area (Å²) in [6, 6.07) is 5.73. The van der Waals surface area contributed by atoms with Crippen molar-refractivity contribution in [3.8, 4) is 5.75 Å². The van der Waals surface area contributed by atoms with Crippen LogP contribution in [0.15, 0.2) is 30.0 Å². The van der Waals surface area contributed by atoms with E-state index in [9.17, 15) is 9.90 Å². The number of aromatic nitrogens is 1. The summed E-state index contributed by atoms with van der Waals surface area (Å²) in [6.45, 7) is 4.13. The third-order valence-corrected chi connectivity index (χ3v) is 6.54. The molecule has 2 N–H and O–H groups in total. The number of hydrogen-bond acceptors (Lipinski definition) is 5. The Bertz CT molecular complexity index is 932. The Morgan fingerprint density at radius 1 is 1.36 bits per heavy atom. The third-order valence-electron chi connectivity index (χ3n) is 6.54. The van der Waals surface area contributed by atoms with Gasteiger partial charge in [0.15, 0.2) is 0 Å². The van der Waals surface area contributed by atoms with Crippen molar-refractivity contribution in [1.29, 1.82) is 0 Å². The summed E-state index contributed by atoms with van der Waals surface area (Å²) in [5.74, 6) is 0.138. The lowest BCUT2D eigenvalue weighted by Gasteiger charge is -2.50. The first-order valence-corrected chi connectivity index (χ1v) is 9.96. The van der Waals surface area contributed by atoms with Gasteiger partial charge in [-0.2, -0.15) is 0 Å². The van der Waals surface area contributed by atoms with Crippen LogP contribution in [0.2, 0.25) is 0 Å². The van der Waals surface area contributed by atoms with Crippen LogP contribution in [0.5, 0.6) is 5.75 Å². The molecular weight excluding hydrogens is 356 g/mol. The molecule has 0 bridgehead atoms. The molecule has 1 saturated heterocycles. The lowest BCUT2D eigenvalue weighted by atomic mass is 9.67. The molecule has 0 radical (unpaired) electrons. The normalized spacial score (nSPS) is 25.2. The average Bonchev–Trinajstić information content (AvgIpc) is 3.11. The molecular formula is C22H28N2O4. The number of phenols is 1. The van der Waals surface area contributed by atoms with Gasteiger partial charge in [-0.3, -0.25) is 4.90 Å². The molecule has 3 heterocycles. The number of phenolic OH excluding ortho intramolecular Hbond substituents is 1. The first-order chi connectivity index (χ1) is 13.5. The van der Waals surface area contributed by atoms with Gasteiger partial charge < -0.3 is 19.6 Å². The average molecular weight is 384 g/mol. The van der Waals surface area contributed by atoms with Crippen LogP contribution < -0.4 is 0 Å². The number of hydrogen-bond donors (Lipinski definition) is 2. The van der Waals surface area contributed by atoms with Crippen LogP contribution in [0, 0.1) is 5.41 Å². The molecule has 1 fully saturated rings. The number of esters is 1. The molecule has 0 amide bonds. The fourth-order valence-electron chi connectivity index (χ4n) is 5.20. The standard InChI is InChI=1S/C22H28N2O4/c1-4-22(13-17(27-2)21(26)28-3)10-6-11-24-12-9-14-18-15(7-5-8-16(18)25)23-19(14)20(22)24/h5,7-8,13,20,23,25H,4,6,9-12H2,1-3H3/b17-13-/t20-,22+/m1/s1. The van der Waals surface area contributed by atoms with Crippen molar-refractivity contribution in [2.45, 2.75) is 38.6 Å². The van der Waals surface area contributed by atoms with Crippen LogP contribution in [0.3, 0.4) is 0 Å². The summed E-state index contributed by atoms with van der Waals surface area (Å²) < 4.78 is 10.3. The van der Waals surface area contributed by atoms with Crippen molar-refractivity contribution in [1.82, 2.24) is 9.88 Å². The highest BCUT2D eigenvalue weighted by atomic mass is 16.6. The number of rotatable bonds is 4. The number of carbonyl (C=O) groups excluding carboxylic acids is 1. The van der Waals surface area contributed by atoms with Crippen molar-refractivity contribution < 1.29 is 19.4 Å². The van der Waals surface area contributed by atoms with E-state index in [0.717, 1.165) is 55.4 Å². The number of nitrogens with one attached hydrogen (secondary N) is 1. The van der Waals surface area contributed by atoms with E-state index in [1.54, 1.807) is 6.07 Å². The summed E-state index contributed by atoms with van der Waals surface area (Å²) in [6.07, 6.45) is 5.80. The predicted octanol–water partition coefficient (Wildman–Crippen LogP) is 3.67. The van der Waals surface area contributed by atoms with Crippen LogP contribution in [-0.4, -0.2) is 48.3 Å². The molecule has 0 spiro atoms. The first-order valence-electron chi connectivity index (χ1n) is 9.96. The Morgan fingerprint density at radius 3 is 2.89 bits per heavy atom. The van der Waals surface area contributed by atoms with Gasteiger partial charge in [0.2, 0.25) is 5.76 Å². The van der Waals surface area contributed by atoms with Crippen LogP contribution in [0.4, 0.5) is 0 Å². The smallest absolute Gasteiger partial charge is 0.372 e. The number of aromatic amines is 1. The van der Waals surface area contributed by atoms with E-state index < -0.39 is 5.97 Å². The molecule has 2 aliphatic heterocycles. The van der Waals surface area contributed by atoms with Crippen molar-refractivity contribution in [2.24, 2.45) is 5.41 Å². The Hall–Kier alpha value is -2.47. The topological polar surface area (TPSA) is 74.8 Å². The summed E-state index contributed by atoms with van der Waals surface area (Å²) in [5, 5.41) is 11.4. The van der Waals surface area contributed by atoms with Gasteiger partial charge in [-0.15, -0.1) is 0 Å². The molecule has 0 unspecified atom stereocenters. The zero-order valence-corrected chi connectivity index (χ0v) is 16.7. The molecule has 0 saturated carbocycles. The van der Waals surface area contributed by atoms with E-state index in [4.69, 9.17) is 9.47 Å². The summed E-state index contributed by atoms with van der Waals surface area (Å²) in [7, 11) is 2.89. The number of piperidine rings is 1. The molecule has 6 heteroatoms. The minimum absolute atomic E-state index is 0.108. The second-order valence-electron chi connectivity index (χ2n) is 7.80. The third kappa shape index (κ3) is 2.78. The second-order valence-corrected chi connectivity index (χ2v) is 7.80. The van der Waals surface area contributed by atoms with E-state index in [0.29, 0.717) is 5.75 Å². The number of fused-ring (bicyclic) bond motifs is 5. The molecule has 1 aromatic heterocycles. The molecule has 0 aliphatic carbocycles. The van der Waals surface area contributed by atoms with Crippen molar-refractivity contribution in [3.63, 3.8) is 0 Å². The van der Waals surface area contributed by atoms with Crippen molar-refractivity contribution in [2.75, 3.05) is 27.3 Å². The summed E-state index contributed by atoms with van der Waals surface area (Å²) in [4.78, 5) is 18.3. The molecule has 4 rings (SSSR count). The quantitative estimate of drug-likeness (QED) is 0.478. The van der Waals surface area contributed by atoms with Crippen LogP contribution in [-0.2, 0) is 20.7 Å². The minimum atomic E-state index is -0.447. The fourth-order valence-corrected chi connectivity index (χ4v) is 5.20. The number of aromatic hydroxyl groups is 1. The Balaban J connectivity index is 1.90. The highest BCUT2D eigenvalue weighted by molar-refractivity contribution is 5.91. The van der Waals surface area contributed by atoms with E-state index in [2.05, 4.69) is 16.8 Å². The van der Waals surface area contributed by atoms with E-state index in [-0.39, 0.29) is 17.2 Å². The number of H-pyrrole nitrogens is 1. The Kier molecular flexibility index (Phi) is 4.83. The predicted molar refractivity (Wildman–Crippen MR) is 107 cm³/mol. The van der Waals surface area contributed by atoms with E-state index in [1.165, 1.54) is 19.8 Å². The maximum Gasteiger partial charge on any atom is 0.372 e. The molecule has 2 atom stereocenters. The lowest BCUT2D eigenvalue weighted by molar-refractivity contribution is -0.139. The molecule has 1 aromatic carbocycles. The Morgan fingerprint density at radius 2 is 2.18 bits per heavy atom. The minimum Gasteiger partial charge on any atom is -0.507 e. The van der Waals surface area contributed by atoms with Gasteiger partial charge in [-0.05, 0) is 56.0 Å². The molecule has 6 nitrogen and oxygen atoms in total. The Labute approximate surface area is 165 Å². The van der Waals surface area contributed by atoms with E-state index in [1.807, 2.05) is 18.2 Å². The number of nitrogens with zero attached hydrogens (tertiary/aromatic N) is 1. The molecule has 28 heavy (non-hydrogen) atoms. The maximum absolute atomic E-state index is 12.2. The van der Waals surface area contributed by atoms with Gasteiger partial charge in [0.25, 0.3) is 0 Å². The molecule has 2 aliphatic rings. The highest BCUT2D eigenvalue weighted by Gasteiger charge is 2.47. The monoisotopic (exact) mass is 384 g/mol. The van der Waals surface area contributed by atoms with Crippen LogP contribution in [0.1, 0.15) is 43.5 Å². The van der Waals surface area contributed by atoms with E-state index >= 15 is 0 Å². The van der Waals surface area contributed by atoms with Gasteiger partial charge in [0.1, 0.15) is 5.75 Å². The second kappa shape index (κ2) is 7.17. The maximum atomic E-state index is 12.2. The zero-order valence-electron chi connectivity index (χ0n) is 16.7. The zero-order chi connectivity index (χ0) is 19.9. The van der Waals surface area contributed by atoms with Gasteiger partial charge >= 0.3 is 5.97 Å². The molecule has 2 aromatic rings. The fraction of sp³-hybridized carbons (Fsp3) is 0.500. The summed E-state index contributed by atoms with van der Waals surface area (Å²) in [5.41, 5.74) is 3.07. The van der Waals surface area contributed by atoms with Crippen molar-refractivity contribution >= 4 is 16.9 Å².